The van der Waals surface area contributed by atoms with Crippen LogP contribution in [-0.2, 0) is 15.5 Å². The van der Waals surface area contributed by atoms with Gasteiger partial charge in [-0.2, -0.15) is 0 Å². The molecule has 1 saturated heterocycles. The molecule has 2 nitrogen and oxygen atoms in total. The summed E-state index contributed by atoms with van der Waals surface area (Å²) < 4.78 is 12.6. The van der Waals surface area contributed by atoms with Crippen molar-refractivity contribution in [3.8, 4) is 0 Å². The summed E-state index contributed by atoms with van der Waals surface area (Å²) in [5, 5.41) is 4.27. The molecule has 1 aliphatic rings. The van der Waals surface area contributed by atoms with Gasteiger partial charge in [0.05, 0.1) is 0 Å². The van der Waals surface area contributed by atoms with Gasteiger partial charge in [-0.15, -0.1) is 0 Å². The monoisotopic (exact) mass is 480 g/mol. The van der Waals surface area contributed by atoms with Crippen molar-refractivity contribution in [1.82, 2.24) is 0 Å². The molecule has 1 aliphatic heterocycles. The maximum absolute atomic E-state index is 6.29. The second kappa shape index (κ2) is 9.39. The van der Waals surface area contributed by atoms with Gasteiger partial charge in [0, 0.05) is 0 Å². The van der Waals surface area contributed by atoms with E-state index in [9.17, 15) is 0 Å². The molecule has 4 aromatic carbocycles. The van der Waals surface area contributed by atoms with Gasteiger partial charge >= 0.3 is 211 Å². The van der Waals surface area contributed by atoms with Crippen molar-refractivity contribution < 1.29 is 9.31 Å². The molecule has 0 unspecified atom stereocenters. The van der Waals surface area contributed by atoms with Crippen LogP contribution in [-0.4, -0.2) is 18.3 Å². The molecular formula is C31H34BO2P. The van der Waals surface area contributed by atoms with Crippen LogP contribution in [0.1, 0.15) is 33.3 Å². The van der Waals surface area contributed by atoms with Crippen LogP contribution in [0.15, 0.2) is 115 Å². The number of benzene rings is 4. The van der Waals surface area contributed by atoms with Crippen molar-refractivity contribution in [3.05, 3.63) is 121 Å². The van der Waals surface area contributed by atoms with Crippen molar-refractivity contribution >= 4 is 35.8 Å². The Morgan fingerprint density at radius 2 is 0.914 bits per heavy atom. The van der Waals surface area contributed by atoms with E-state index in [2.05, 4.69) is 143 Å². The zero-order valence-electron chi connectivity index (χ0n) is 21.1. The zero-order chi connectivity index (χ0) is 24.5. The van der Waals surface area contributed by atoms with Gasteiger partial charge in [0.25, 0.3) is 0 Å². The summed E-state index contributed by atoms with van der Waals surface area (Å²) in [5.41, 5.74) is 1.71. The molecule has 0 amide bonds. The van der Waals surface area contributed by atoms with E-state index >= 15 is 0 Å². The molecule has 1 heterocycles. The summed E-state index contributed by atoms with van der Waals surface area (Å²) in [6.45, 7) is 8.39. The van der Waals surface area contributed by atoms with Crippen molar-refractivity contribution in [2.75, 3.05) is 0 Å². The third kappa shape index (κ3) is 4.50. The molecule has 0 aliphatic carbocycles. The zero-order valence-corrected chi connectivity index (χ0v) is 22.1. The second-order valence-corrected chi connectivity index (χ2v) is 14.4. The third-order valence-electron chi connectivity index (χ3n) is 7.77. The number of hydrogen-bond donors (Lipinski definition) is 0. The molecule has 0 radical (unpaired) electrons. The summed E-state index contributed by atoms with van der Waals surface area (Å²) in [5.74, 6) is 0. The topological polar surface area (TPSA) is 18.5 Å². The second-order valence-electron chi connectivity index (χ2n) is 10.5. The van der Waals surface area contributed by atoms with Crippen LogP contribution >= 0.6 is 7.26 Å². The first-order valence-corrected chi connectivity index (χ1v) is 14.6. The summed E-state index contributed by atoms with van der Waals surface area (Å²) in [6.07, 6.45) is 0.981. The Labute approximate surface area is 210 Å². The summed E-state index contributed by atoms with van der Waals surface area (Å²) in [4.78, 5) is 0. The van der Waals surface area contributed by atoms with Crippen LogP contribution in [0.4, 0.5) is 0 Å². The van der Waals surface area contributed by atoms with Gasteiger partial charge in [0.2, 0.25) is 0 Å². The fraction of sp³-hybridized carbons (Fsp3) is 0.226. The van der Waals surface area contributed by atoms with Gasteiger partial charge < -0.3 is 0 Å². The van der Waals surface area contributed by atoms with E-state index in [0.29, 0.717) is 0 Å². The molecule has 4 aromatic rings. The fourth-order valence-electron chi connectivity index (χ4n) is 5.05. The van der Waals surface area contributed by atoms with Crippen LogP contribution in [0.2, 0.25) is 0 Å². The molecule has 0 aromatic heterocycles. The average molecular weight is 480 g/mol. The van der Waals surface area contributed by atoms with Crippen LogP contribution in [0, 0.1) is 0 Å². The number of rotatable bonds is 6. The van der Waals surface area contributed by atoms with E-state index < -0.39 is 7.26 Å². The summed E-state index contributed by atoms with van der Waals surface area (Å²) in [7, 11) is -2.66. The minimum atomic E-state index is -2.32. The van der Waals surface area contributed by atoms with Crippen molar-refractivity contribution in [3.63, 3.8) is 0 Å². The van der Waals surface area contributed by atoms with E-state index in [-0.39, 0.29) is 18.3 Å². The average Bonchev–Trinajstić information content (AvgIpc) is 3.11. The summed E-state index contributed by atoms with van der Waals surface area (Å²) in [6, 6.07) is 42.1. The van der Waals surface area contributed by atoms with Crippen LogP contribution < -0.4 is 21.4 Å². The summed E-state index contributed by atoms with van der Waals surface area (Å²) >= 11 is 0. The molecular weight excluding hydrogens is 446 g/mol. The van der Waals surface area contributed by atoms with Crippen molar-refractivity contribution in [1.29, 1.82) is 0 Å². The Kier molecular flexibility index (Phi) is 6.44. The SMILES string of the molecule is CC1(C)OB(c2ccc(C[PH](c3ccccc3)(c3ccccc3)c3ccccc3)cc2)OC1(C)C. The molecule has 0 spiro atoms. The quantitative estimate of drug-likeness (QED) is 0.279. The molecule has 35 heavy (non-hydrogen) atoms. The molecule has 1 fully saturated rings. The van der Waals surface area contributed by atoms with Crippen LogP contribution in [0.3, 0.4) is 0 Å². The van der Waals surface area contributed by atoms with E-state index in [0.717, 1.165) is 11.6 Å². The Bertz CT molecular complexity index is 1140. The molecule has 4 heteroatoms. The van der Waals surface area contributed by atoms with Crippen LogP contribution in [0.5, 0.6) is 0 Å². The fourth-order valence-corrected chi connectivity index (χ4v) is 9.80. The predicted molar refractivity (Wildman–Crippen MR) is 152 cm³/mol. The maximum atomic E-state index is 6.29. The van der Waals surface area contributed by atoms with Gasteiger partial charge in [0.15, 0.2) is 0 Å². The first-order valence-electron chi connectivity index (χ1n) is 12.4. The first kappa shape index (κ1) is 24.0. The molecule has 0 atom stereocenters. The standard InChI is InChI=1S/C31H34BO2P/c1-30(2)31(3,4)34-32(33-30)26-22-20-25(21-23-26)24-35(27-14-8-5-9-15-27,28-16-10-6-11-17-28)29-18-12-7-13-19-29/h5-23,35H,24H2,1-4H3. The van der Waals surface area contributed by atoms with Gasteiger partial charge in [-0.3, -0.25) is 0 Å². The molecule has 0 saturated carbocycles. The Morgan fingerprint density at radius 3 is 1.29 bits per heavy atom. The van der Waals surface area contributed by atoms with Crippen molar-refractivity contribution in [2.24, 2.45) is 0 Å². The van der Waals surface area contributed by atoms with Gasteiger partial charge in [-0.25, -0.2) is 0 Å². The third-order valence-corrected chi connectivity index (χ3v) is 12.7. The van der Waals surface area contributed by atoms with Crippen LogP contribution in [0.25, 0.3) is 0 Å². The van der Waals surface area contributed by atoms with E-state index in [1.54, 1.807) is 0 Å². The predicted octanol–water partition coefficient (Wildman–Crippen LogP) is 5.21. The molecule has 0 N–H and O–H groups in total. The van der Waals surface area contributed by atoms with Gasteiger partial charge in [0.1, 0.15) is 0 Å². The molecule has 5 rings (SSSR count). The Morgan fingerprint density at radius 1 is 0.543 bits per heavy atom. The molecule has 178 valence electrons. The van der Waals surface area contributed by atoms with E-state index in [4.69, 9.17) is 9.31 Å². The van der Waals surface area contributed by atoms with E-state index in [1.807, 2.05) is 0 Å². The first-order chi connectivity index (χ1) is 16.8. The van der Waals surface area contributed by atoms with Gasteiger partial charge in [-0.1, -0.05) is 0 Å². The normalized spacial score (nSPS) is 17.3. The van der Waals surface area contributed by atoms with E-state index in [1.165, 1.54) is 21.5 Å². The minimum absolute atomic E-state index is 0.339. The van der Waals surface area contributed by atoms with Crippen molar-refractivity contribution in [2.45, 2.75) is 45.1 Å². The Balaban J connectivity index is 1.56. The molecule has 0 bridgehead atoms. The number of hydrogen-bond acceptors (Lipinski definition) is 2. The van der Waals surface area contributed by atoms with Gasteiger partial charge in [-0.05, 0) is 0 Å². The Hall–Kier alpha value is -2.71.